The van der Waals surface area contributed by atoms with E-state index >= 15 is 0 Å². The molecule has 1 N–H and O–H groups in total. The van der Waals surface area contributed by atoms with Crippen LogP contribution in [0.2, 0.25) is 0 Å². The second-order valence-electron chi connectivity index (χ2n) is 6.14. The fourth-order valence-electron chi connectivity index (χ4n) is 3.19. The minimum absolute atomic E-state index is 0.279. The molecular formula is C19H32O. The smallest absolute Gasteiger partial charge is 0.115 e. The molecule has 1 aromatic carbocycles. The van der Waals surface area contributed by atoms with Crippen LogP contribution in [0.3, 0.4) is 0 Å². The molecule has 0 amide bonds. The summed E-state index contributed by atoms with van der Waals surface area (Å²) in [4.78, 5) is 0. The average Bonchev–Trinajstić information content (AvgIpc) is 2.47. The van der Waals surface area contributed by atoms with Crippen LogP contribution in [0.25, 0.3) is 0 Å². The van der Waals surface area contributed by atoms with Crippen molar-refractivity contribution in [2.75, 3.05) is 0 Å². The highest BCUT2D eigenvalue weighted by atomic mass is 16.3. The zero-order valence-electron chi connectivity index (χ0n) is 13.6. The van der Waals surface area contributed by atoms with E-state index in [1.54, 1.807) is 6.07 Å². The predicted octanol–water partition coefficient (Wildman–Crippen LogP) is 6.20. The van der Waals surface area contributed by atoms with Crippen molar-refractivity contribution in [3.63, 3.8) is 0 Å². The fourth-order valence-corrected chi connectivity index (χ4v) is 3.19. The van der Waals surface area contributed by atoms with Crippen LogP contribution in [-0.2, 0) is 5.41 Å². The molecule has 0 unspecified atom stereocenters. The molecular weight excluding hydrogens is 244 g/mol. The first-order valence-corrected chi connectivity index (χ1v) is 8.48. The minimum atomic E-state index is 0.279. The van der Waals surface area contributed by atoms with E-state index in [1.807, 2.05) is 12.1 Å². The Labute approximate surface area is 125 Å². The molecule has 0 aliphatic carbocycles. The number of unbranched alkanes of at least 4 members (excludes halogenated alkanes) is 3. The molecule has 0 radical (unpaired) electrons. The summed E-state index contributed by atoms with van der Waals surface area (Å²) in [5.41, 5.74) is 1.63. The summed E-state index contributed by atoms with van der Waals surface area (Å²) in [6.07, 6.45) is 11.4. The van der Waals surface area contributed by atoms with Gasteiger partial charge in [0.05, 0.1) is 0 Å². The molecule has 114 valence electrons. The molecule has 0 atom stereocenters. The normalized spacial score (nSPS) is 11.8. The predicted molar refractivity (Wildman–Crippen MR) is 88.4 cm³/mol. The summed E-state index contributed by atoms with van der Waals surface area (Å²) in [7, 11) is 0. The van der Waals surface area contributed by atoms with Crippen LogP contribution in [0.1, 0.15) is 84.1 Å². The van der Waals surface area contributed by atoms with E-state index in [0.717, 1.165) is 0 Å². The molecule has 1 aromatic rings. The fraction of sp³-hybridized carbons (Fsp3) is 0.684. The van der Waals surface area contributed by atoms with Gasteiger partial charge in [0.25, 0.3) is 0 Å². The van der Waals surface area contributed by atoms with Crippen molar-refractivity contribution in [1.82, 2.24) is 0 Å². The van der Waals surface area contributed by atoms with Crippen molar-refractivity contribution >= 4 is 0 Å². The van der Waals surface area contributed by atoms with Gasteiger partial charge in [0, 0.05) is 0 Å². The topological polar surface area (TPSA) is 20.2 Å². The highest BCUT2D eigenvalue weighted by Gasteiger charge is 2.30. The summed E-state index contributed by atoms with van der Waals surface area (Å²) in [5.74, 6) is 0.413. The molecule has 0 bridgehead atoms. The standard InChI is InChI=1S/C19H32O/c1-4-7-13-19(14-8-5-2,15-9-6-3)17-11-10-12-18(20)16-17/h10-12,16,20H,4-9,13-15H2,1-3H3. The lowest BCUT2D eigenvalue weighted by molar-refractivity contribution is 0.308. The van der Waals surface area contributed by atoms with Crippen LogP contribution in [-0.4, -0.2) is 5.11 Å². The zero-order valence-corrected chi connectivity index (χ0v) is 13.6. The molecule has 1 heteroatoms. The van der Waals surface area contributed by atoms with Crippen LogP contribution in [0, 0.1) is 0 Å². The van der Waals surface area contributed by atoms with Crippen LogP contribution in [0.5, 0.6) is 5.75 Å². The molecule has 0 aromatic heterocycles. The Morgan fingerprint density at radius 2 is 1.35 bits per heavy atom. The third kappa shape index (κ3) is 4.85. The second-order valence-corrected chi connectivity index (χ2v) is 6.14. The van der Waals surface area contributed by atoms with Gasteiger partial charge in [0.15, 0.2) is 0 Å². The second kappa shape index (κ2) is 9.05. The molecule has 0 spiro atoms. The van der Waals surface area contributed by atoms with Crippen LogP contribution in [0.15, 0.2) is 24.3 Å². The number of phenolic OH excluding ortho intramolecular Hbond substituents is 1. The molecule has 0 saturated carbocycles. The van der Waals surface area contributed by atoms with Crippen LogP contribution < -0.4 is 0 Å². The lowest BCUT2D eigenvalue weighted by atomic mass is 9.69. The maximum absolute atomic E-state index is 9.85. The van der Waals surface area contributed by atoms with E-state index in [0.29, 0.717) is 5.75 Å². The first kappa shape index (κ1) is 17.1. The summed E-state index contributed by atoms with van der Waals surface area (Å²) >= 11 is 0. The van der Waals surface area contributed by atoms with Crippen LogP contribution >= 0.6 is 0 Å². The van der Waals surface area contributed by atoms with Gasteiger partial charge in [-0.2, -0.15) is 0 Å². The number of benzene rings is 1. The van der Waals surface area contributed by atoms with Crippen LogP contribution in [0.4, 0.5) is 0 Å². The van der Waals surface area contributed by atoms with Crippen molar-refractivity contribution in [3.8, 4) is 5.75 Å². The first-order valence-electron chi connectivity index (χ1n) is 8.48. The van der Waals surface area contributed by atoms with E-state index in [2.05, 4.69) is 26.8 Å². The third-order valence-corrected chi connectivity index (χ3v) is 4.49. The number of aromatic hydroxyl groups is 1. The molecule has 1 nitrogen and oxygen atoms in total. The van der Waals surface area contributed by atoms with E-state index in [1.165, 1.54) is 63.4 Å². The van der Waals surface area contributed by atoms with Gasteiger partial charge < -0.3 is 5.11 Å². The Balaban J connectivity index is 3.04. The third-order valence-electron chi connectivity index (χ3n) is 4.49. The maximum atomic E-state index is 9.85. The summed E-state index contributed by atoms with van der Waals surface area (Å²) in [5, 5.41) is 9.85. The van der Waals surface area contributed by atoms with E-state index in [4.69, 9.17) is 0 Å². The largest absolute Gasteiger partial charge is 0.508 e. The molecule has 0 fully saturated rings. The molecule has 20 heavy (non-hydrogen) atoms. The summed E-state index contributed by atoms with van der Waals surface area (Å²) < 4.78 is 0. The Bertz CT molecular complexity index is 348. The number of phenols is 1. The van der Waals surface area contributed by atoms with E-state index in [9.17, 15) is 5.11 Å². The Hall–Kier alpha value is -0.980. The van der Waals surface area contributed by atoms with Crippen molar-refractivity contribution in [2.45, 2.75) is 84.0 Å². The maximum Gasteiger partial charge on any atom is 0.115 e. The number of hydrogen-bond acceptors (Lipinski definition) is 1. The number of hydrogen-bond donors (Lipinski definition) is 1. The van der Waals surface area contributed by atoms with Gasteiger partial charge in [0.2, 0.25) is 0 Å². The number of rotatable bonds is 10. The van der Waals surface area contributed by atoms with Gasteiger partial charge in [0.1, 0.15) is 5.75 Å². The quantitative estimate of drug-likeness (QED) is 0.539. The van der Waals surface area contributed by atoms with Gasteiger partial charge in [-0.25, -0.2) is 0 Å². The lowest BCUT2D eigenvalue weighted by Gasteiger charge is -2.35. The lowest BCUT2D eigenvalue weighted by Crippen LogP contribution is -2.26. The van der Waals surface area contributed by atoms with Gasteiger partial charge in [-0.1, -0.05) is 71.4 Å². The SMILES string of the molecule is CCCCC(CCCC)(CCCC)c1cccc(O)c1. The van der Waals surface area contributed by atoms with Gasteiger partial charge in [-0.3, -0.25) is 0 Å². The average molecular weight is 276 g/mol. The van der Waals surface area contributed by atoms with Gasteiger partial charge in [-0.05, 0) is 42.4 Å². The highest BCUT2D eigenvalue weighted by Crippen LogP contribution is 2.40. The Morgan fingerprint density at radius 3 is 1.75 bits per heavy atom. The van der Waals surface area contributed by atoms with Crippen molar-refractivity contribution < 1.29 is 5.11 Å². The Kier molecular flexibility index (Phi) is 7.72. The zero-order chi connectivity index (χ0) is 14.8. The van der Waals surface area contributed by atoms with Crippen molar-refractivity contribution in [2.24, 2.45) is 0 Å². The molecule has 1 rings (SSSR count). The monoisotopic (exact) mass is 276 g/mol. The summed E-state index contributed by atoms with van der Waals surface area (Å²) in [6.45, 7) is 6.81. The van der Waals surface area contributed by atoms with E-state index in [-0.39, 0.29) is 5.41 Å². The Morgan fingerprint density at radius 1 is 0.850 bits per heavy atom. The summed E-state index contributed by atoms with van der Waals surface area (Å²) in [6, 6.07) is 8.01. The van der Waals surface area contributed by atoms with E-state index < -0.39 is 0 Å². The van der Waals surface area contributed by atoms with Gasteiger partial charge >= 0.3 is 0 Å². The minimum Gasteiger partial charge on any atom is -0.508 e. The molecule has 0 aliphatic rings. The van der Waals surface area contributed by atoms with Crippen molar-refractivity contribution in [3.05, 3.63) is 29.8 Å². The van der Waals surface area contributed by atoms with Gasteiger partial charge in [-0.15, -0.1) is 0 Å². The first-order chi connectivity index (χ1) is 9.68. The van der Waals surface area contributed by atoms with Crippen molar-refractivity contribution in [1.29, 1.82) is 0 Å². The molecule has 0 aliphatic heterocycles. The highest BCUT2D eigenvalue weighted by molar-refractivity contribution is 5.33. The molecule has 0 heterocycles. The molecule has 0 saturated heterocycles.